The van der Waals surface area contributed by atoms with Crippen LogP contribution in [0.1, 0.15) is 24.3 Å². The number of methoxy groups -OCH3 is 1. The number of ether oxygens (including phenoxy) is 2. The SMILES string of the molecule is COC(=O)[C@@H](NP(=O)(OC[C@H]1OC[C@@](O)(n2cnc(C(N)=O)c2O)[C@@H]1O)Oc1ccccc1)C(C)C. The van der Waals surface area contributed by atoms with E-state index in [1.165, 1.54) is 19.2 Å². The Labute approximate surface area is 206 Å². The van der Waals surface area contributed by atoms with Crippen LogP contribution in [-0.2, 0) is 29.1 Å². The number of primary amides is 1. The number of nitrogens with one attached hydrogen (secondary N) is 1. The predicted molar refractivity (Wildman–Crippen MR) is 123 cm³/mol. The summed E-state index contributed by atoms with van der Waals surface area (Å²) in [4.78, 5) is 27.2. The average Bonchev–Trinajstić information content (AvgIpc) is 3.36. The lowest BCUT2D eigenvalue weighted by Crippen LogP contribution is -2.47. The third-order valence-electron chi connectivity index (χ3n) is 5.53. The maximum atomic E-state index is 13.7. The molecule has 1 aliphatic heterocycles. The molecule has 1 fully saturated rings. The molecule has 198 valence electrons. The van der Waals surface area contributed by atoms with Gasteiger partial charge in [-0.1, -0.05) is 32.0 Å². The fourth-order valence-electron chi connectivity index (χ4n) is 3.51. The molecule has 6 N–H and O–H groups in total. The van der Waals surface area contributed by atoms with Crippen LogP contribution < -0.4 is 15.3 Å². The molecule has 1 aromatic heterocycles. The number of hydrogen-bond acceptors (Lipinski definition) is 11. The van der Waals surface area contributed by atoms with Crippen LogP contribution in [0.2, 0.25) is 0 Å². The Balaban J connectivity index is 1.80. The van der Waals surface area contributed by atoms with Crippen molar-refractivity contribution in [3.63, 3.8) is 0 Å². The molecule has 0 spiro atoms. The normalized spacial score (nSPS) is 24.3. The molecule has 0 saturated carbocycles. The summed E-state index contributed by atoms with van der Waals surface area (Å²) in [7, 11) is -3.10. The van der Waals surface area contributed by atoms with Crippen molar-refractivity contribution in [3.8, 4) is 11.6 Å². The molecule has 2 heterocycles. The molecule has 5 atom stereocenters. The van der Waals surface area contributed by atoms with E-state index in [4.69, 9.17) is 24.3 Å². The lowest BCUT2D eigenvalue weighted by molar-refractivity contribution is -0.143. The summed E-state index contributed by atoms with van der Waals surface area (Å²) in [5.41, 5.74) is 2.37. The van der Waals surface area contributed by atoms with Gasteiger partial charge in [0.2, 0.25) is 5.88 Å². The Hall–Kier alpha value is -3.00. The van der Waals surface area contributed by atoms with Crippen molar-refractivity contribution < 1.29 is 48.0 Å². The highest BCUT2D eigenvalue weighted by Gasteiger charge is 2.52. The van der Waals surface area contributed by atoms with Crippen molar-refractivity contribution >= 4 is 19.6 Å². The number of aliphatic hydroxyl groups excluding tert-OH is 1. The highest BCUT2D eigenvalue weighted by Crippen LogP contribution is 2.46. The van der Waals surface area contributed by atoms with Crippen molar-refractivity contribution in [3.05, 3.63) is 42.4 Å². The number of esters is 1. The largest absolute Gasteiger partial charge is 0.493 e. The topological polar surface area (TPSA) is 205 Å². The number of carbonyl (C=O) groups excluding carboxylic acids is 2. The molecule has 14 nitrogen and oxygen atoms in total. The Morgan fingerprint density at radius 1 is 1.36 bits per heavy atom. The van der Waals surface area contributed by atoms with Gasteiger partial charge in [-0.15, -0.1) is 0 Å². The van der Waals surface area contributed by atoms with Crippen LogP contribution in [0.4, 0.5) is 0 Å². The average molecular weight is 528 g/mol. The van der Waals surface area contributed by atoms with E-state index in [9.17, 15) is 29.5 Å². The van der Waals surface area contributed by atoms with Crippen LogP contribution in [0.3, 0.4) is 0 Å². The number of aromatic nitrogens is 2. The Kier molecular flexibility index (Phi) is 8.39. The first-order valence-corrected chi connectivity index (χ1v) is 12.4. The fraction of sp³-hybridized carbons (Fsp3) is 0.476. The smallest absolute Gasteiger partial charge is 0.459 e. The number of carbonyl (C=O) groups is 2. The molecular formula is C21H29N4O10P. The van der Waals surface area contributed by atoms with Crippen LogP contribution in [0, 0.1) is 5.92 Å². The van der Waals surface area contributed by atoms with Gasteiger partial charge in [-0.3, -0.25) is 18.7 Å². The van der Waals surface area contributed by atoms with Crippen molar-refractivity contribution in [2.45, 2.75) is 37.8 Å². The first kappa shape index (κ1) is 27.6. The van der Waals surface area contributed by atoms with Crippen LogP contribution in [0.15, 0.2) is 36.7 Å². The minimum atomic E-state index is -4.28. The number of amides is 1. The number of aromatic hydroxyl groups is 1. The second-order valence-corrected chi connectivity index (χ2v) is 10.1. The van der Waals surface area contributed by atoms with Crippen LogP contribution in [-0.4, -0.2) is 75.3 Å². The highest BCUT2D eigenvalue weighted by molar-refractivity contribution is 7.52. The summed E-state index contributed by atoms with van der Waals surface area (Å²) in [6, 6.07) is 6.99. The summed E-state index contributed by atoms with van der Waals surface area (Å²) in [6.07, 6.45) is -2.08. The minimum Gasteiger partial charge on any atom is -0.493 e. The number of para-hydroxylation sites is 1. The molecule has 1 saturated heterocycles. The second kappa shape index (κ2) is 10.9. The van der Waals surface area contributed by atoms with E-state index in [2.05, 4.69) is 10.1 Å². The first-order chi connectivity index (χ1) is 16.9. The van der Waals surface area contributed by atoms with Gasteiger partial charge in [0.1, 0.15) is 30.3 Å². The summed E-state index contributed by atoms with van der Waals surface area (Å²) >= 11 is 0. The molecule has 1 unspecified atom stereocenters. The van der Waals surface area contributed by atoms with Crippen molar-refractivity contribution in [1.29, 1.82) is 0 Å². The fourth-order valence-corrected chi connectivity index (χ4v) is 5.17. The zero-order valence-electron chi connectivity index (χ0n) is 19.8. The monoisotopic (exact) mass is 528 g/mol. The molecule has 0 radical (unpaired) electrons. The van der Waals surface area contributed by atoms with Crippen molar-refractivity contribution in [1.82, 2.24) is 14.6 Å². The quantitative estimate of drug-likeness (QED) is 0.194. The van der Waals surface area contributed by atoms with Gasteiger partial charge in [-0.05, 0) is 18.1 Å². The molecule has 15 heteroatoms. The molecule has 1 aromatic carbocycles. The minimum absolute atomic E-state index is 0.174. The maximum Gasteiger partial charge on any atom is 0.459 e. The number of nitrogens with two attached hydrogens (primary N) is 1. The molecule has 1 aliphatic rings. The van der Waals surface area contributed by atoms with Gasteiger partial charge >= 0.3 is 13.7 Å². The highest BCUT2D eigenvalue weighted by atomic mass is 31.2. The zero-order valence-corrected chi connectivity index (χ0v) is 20.7. The third-order valence-corrected chi connectivity index (χ3v) is 7.06. The lowest BCUT2D eigenvalue weighted by Gasteiger charge is -2.29. The Morgan fingerprint density at radius 3 is 2.58 bits per heavy atom. The van der Waals surface area contributed by atoms with E-state index in [1.807, 2.05) is 0 Å². The number of benzene rings is 1. The third kappa shape index (κ3) is 5.69. The van der Waals surface area contributed by atoms with Crippen molar-refractivity contribution in [2.75, 3.05) is 20.3 Å². The zero-order chi connectivity index (χ0) is 26.7. The molecule has 3 rings (SSSR count). The summed E-state index contributed by atoms with van der Waals surface area (Å²) in [5, 5.41) is 34.5. The van der Waals surface area contributed by atoms with Gasteiger partial charge < -0.3 is 35.1 Å². The second-order valence-electron chi connectivity index (χ2n) is 8.40. The van der Waals surface area contributed by atoms with E-state index in [0.29, 0.717) is 0 Å². The van der Waals surface area contributed by atoms with Crippen LogP contribution in [0.5, 0.6) is 11.6 Å². The number of aliphatic hydroxyl groups is 2. The molecule has 0 aliphatic carbocycles. The lowest BCUT2D eigenvalue weighted by atomic mass is 10.1. The Bertz CT molecular complexity index is 1130. The summed E-state index contributed by atoms with van der Waals surface area (Å²) in [6.45, 7) is 2.29. The van der Waals surface area contributed by atoms with Crippen LogP contribution >= 0.6 is 7.75 Å². The van der Waals surface area contributed by atoms with E-state index in [-0.39, 0.29) is 11.7 Å². The van der Waals surface area contributed by atoms with Gasteiger partial charge in [0.05, 0.1) is 20.3 Å². The van der Waals surface area contributed by atoms with Gasteiger partial charge in [0.25, 0.3) is 5.91 Å². The molecular weight excluding hydrogens is 499 g/mol. The molecule has 0 bridgehead atoms. The van der Waals surface area contributed by atoms with Gasteiger partial charge in [0, 0.05) is 0 Å². The summed E-state index contributed by atoms with van der Waals surface area (Å²) in [5.74, 6) is -2.70. The van der Waals surface area contributed by atoms with Crippen molar-refractivity contribution in [2.24, 2.45) is 11.7 Å². The summed E-state index contributed by atoms with van der Waals surface area (Å²) < 4.78 is 35.7. The number of imidazole rings is 1. The van der Waals surface area contributed by atoms with Gasteiger partial charge in [0.15, 0.2) is 11.4 Å². The number of nitrogens with zero attached hydrogens (tertiary/aromatic N) is 2. The maximum absolute atomic E-state index is 13.7. The van der Waals surface area contributed by atoms with Gasteiger partial charge in [-0.2, -0.15) is 5.09 Å². The molecule has 1 amide bonds. The first-order valence-electron chi connectivity index (χ1n) is 10.9. The van der Waals surface area contributed by atoms with Gasteiger partial charge in [-0.25, -0.2) is 9.55 Å². The molecule has 36 heavy (non-hydrogen) atoms. The van der Waals surface area contributed by atoms with E-state index in [1.54, 1.807) is 32.0 Å². The number of rotatable bonds is 11. The van der Waals surface area contributed by atoms with E-state index >= 15 is 0 Å². The standard InChI is InChI=1S/C21H29N4O10P/c1-12(2)15(20(29)32-3)24-36(31,35-13-7-5-4-6-8-13)34-9-14-17(26)21(30,10-33-14)25-11-23-16(18(22)27)19(25)28/h4-8,11-12,14-15,17,26,28,30H,9-10H2,1-3H3,(H2,22,27)(H,24,31)/t14-,15+,17-,21+,36?/m1/s1. The number of hydrogen-bond donors (Lipinski definition) is 5. The van der Waals surface area contributed by atoms with E-state index in [0.717, 1.165) is 10.9 Å². The van der Waals surface area contributed by atoms with E-state index < -0.39 is 68.4 Å². The molecule has 2 aromatic rings. The Morgan fingerprint density at radius 2 is 2.03 bits per heavy atom. The predicted octanol–water partition coefficient (Wildman–Crippen LogP) is 0.0833. The van der Waals surface area contributed by atoms with Crippen LogP contribution in [0.25, 0.3) is 0 Å².